The summed E-state index contributed by atoms with van der Waals surface area (Å²) in [5.74, 6) is 0.966. The van der Waals surface area contributed by atoms with Crippen molar-refractivity contribution in [2.24, 2.45) is 0 Å². The summed E-state index contributed by atoms with van der Waals surface area (Å²) >= 11 is 12.2. The molecule has 0 fully saturated rings. The molecule has 0 aliphatic carbocycles. The fourth-order valence-electron chi connectivity index (χ4n) is 2.92. The molecule has 2 heterocycles. The van der Waals surface area contributed by atoms with E-state index in [0.29, 0.717) is 39.5 Å². The van der Waals surface area contributed by atoms with E-state index in [0.717, 1.165) is 0 Å². The van der Waals surface area contributed by atoms with Crippen LogP contribution in [0.15, 0.2) is 73.1 Å². The summed E-state index contributed by atoms with van der Waals surface area (Å²) in [5, 5.41) is 6.22. The number of aromatic nitrogens is 3. The van der Waals surface area contributed by atoms with Crippen LogP contribution in [-0.2, 0) is 0 Å². The van der Waals surface area contributed by atoms with Gasteiger partial charge in [0.05, 0.1) is 26.9 Å². The number of pyridine rings is 1. The molecular formula is C23H17Cl2N5O2. The first-order chi connectivity index (χ1) is 15.5. The summed E-state index contributed by atoms with van der Waals surface area (Å²) < 4.78 is 6.02. The lowest BCUT2D eigenvalue weighted by Crippen LogP contribution is -2.12. The maximum absolute atomic E-state index is 12.6. The minimum absolute atomic E-state index is 0.197. The van der Waals surface area contributed by atoms with Crippen molar-refractivity contribution in [1.82, 2.24) is 15.0 Å². The van der Waals surface area contributed by atoms with Gasteiger partial charge in [0.2, 0.25) is 11.8 Å². The van der Waals surface area contributed by atoms with Crippen molar-refractivity contribution in [1.29, 1.82) is 0 Å². The quantitative estimate of drug-likeness (QED) is 0.366. The molecule has 0 aliphatic heterocycles. The highest BCUT2D eigenvalue weighted by Crippen LogP contribution is 2.32. The highest BCUT2D eigenvalue weighted by molar-refractivity contribution is 6.44. The Hall–Kier alpha value is -3.68. The Balaban J connectivity index is 1.58. The Bertz CT molecular complexity index is 1280. The smallest absolute Gasteiger partial charge is 0.257 e. The van der Waals surface area contributed by atoms with Gasteiger partial charge in [-0.05, 0) is 42.5 Å². The number of benzene rings is 2. The summed E-state index contributed by atoms with van der Waals surface area (Å²) in [6, 6.07) is 17.3. The third-order valence-electron chi connectivity index (χ3n) is 4.43. The number of carbonyl (C=O) groups is 1. The van der Waals surface area contributed by atoms with E-state index in [1.807, 2.05) is 6.07 Å². The Morgan fingerprint density at radius 3 is 2.66 bits per heavy atom. The van der Waals surface area contributed by atoms with Crippen LogP contribution < -0.4 is 15.4 Å². The van der Waals surface area contributed by atoms with E-state index in [9.17, 15) is 4.79 Å². The van der Waals surface area contributed by atoms with Gasteiger partial charge in [0.1, 0.15) is 5.75 Å². The molecule has 4 aromatic rings. The fourth-order valence-corrected chi connectivity index (χ4v) is 3.31. The van der Waals surface area contributed by atoms with Crippen LogP contribution in [-0.4, -0.2) is 27.9 Å². The normalized spacial score (nSPS) is 10.5. The Kier molecular flexibility index (Phi) is 6.49. The number of anilines is 2. The van der Waals surface area contributed by atoms with Crippen LogP contribution in [0.3, 0.4) is 0 Å². The van der Waals surface area contributed by atoms with Gasteiger partial charge >= 0.3 is 0 Å². The fraction of sp³-hybridized carbons (Fsp3) is 0.0435. The lowest BCUT2D eigenvalue weighted by atomic mass is 10.2. The molecule has 0 saturated carbocycles. The van der Waals surface area contributed by atoms with Crippen LogP contribution in [0.5, 0.6) is 11.6 Å². The minimum Gasteiger partial charge on any atom is -0.438 e. The molecule has 2 aromatic heterocycles. The summed E-state index contributed by atoms with van der Waals surface area (Å²) in [5.41, 5.74) is 2.17. The molecule has 4 rings (SSSR count). The summed E-state index contributed by atoms with van der Waals surface area (Å²) in [6.07, 6.45) is 3.29. The SMILES string of the molecule is CNc1nccc(-c2cccnc2Oc2cccc(NC(=O)c3cccc(Cl)c3Cl)c2)n1. The van der Waals surface area contributed by atoms with E-state index in [1.165, 1.54) is 0 Å². The number of amides is 1. The highest BCUT2D eigenvalue weighted by Gasteiger charge is 2.14. The third kappa shape index (κ3) is 4.80. The van der Waals surface area contributed by atoms with Crippen LogP contribution in [0.2, 0.25) is 10.0 Å². The molecule has 9 heteroatoms. The number of hydrogen-bond acceptors (Lipinski definition) is 6. The number of rotatable bonds is 6. The Morgan fingerprint density at radius 2 is 1.81 bits per heavy atom. The average molecular weight is 466 g/mol. The van der Waals surface area contributed by atoms with Crippen LogP contribution in [0.4, 0.5) is 11.6 Å². The van der Waals surface area contributed by atoms with Crippen molar-refractivity contribution in [3.05, 3.63) is 88.7 Å². The van der Waals surface area contributed by atoms with Crippen LogP contribution in [0.25, 0.3) is 11.3 Å². The highest BCUT2D eigenvalue weighted by atomic mass is 35.5. The summed E-state index contributed by atoms with van der Waals surface area (Å²) in [4.78, 5) is 25.6. The van der Waals surface area contributed by atoms with Crippen LogP contribution in [0.1, 0.15) is 10.4 Å². The molecule has 2 aromatic carbocycles. The van der Waals surface area contributed by atoms with Crippen molar-refractivity contribution in [2.45, 2.75) is 0 Å². The van der Waals surface area contributed by atoms with Gasteiger partial charge < -0.3 is 15.4 Å². The molecule has 0 bridgehead atoms. The van der Waals surface area contributed by atoms with Crippen molar-refractivity contribution >= 4 is 40.7 Å². The maximum atomic E-state index is 12.6. The first kappa shape index (κ1) is 21.5. The third-order valence-corrected chi connectivity index (χ3v) is 5.25. The minimum atomic E-state index is -0.381. The number of halogens is 2. The molecule has 2 N–H and O–H groups in total. The van der Waals surface area contributed by atoms with E-state index < -0.39 is 0 Å². The van der Waals surface area contributed by atoms with Gasteiger partial charge in [-0.15, -0.1) is 0 Å². The van der Waals surface area contributed by atoms with Crippen molar-refractivity contribution < 1.29 is 9.53 Å². The molecule has 0 saturated heterocycles. The predicted molar refractivity (Wildman–Crippen MR) is 126 cm³/mol. The van der Waals surface area contributed by atoms with Gasteiger partial charge in [-0.3, -0.25) is 4.79 Å². The van der Waals surface area contributed by atoms with Crippen molar-refractivity contribution in [2.75, 3.05) is 17.7 Å². The summed E-state index contributed by atoms with van der Waals surface area (Å²) in [6.45, 7) is 0. The lowest BCUT2D eigenvalue weighted by Gasteiger charge is -2.12. The Morgan fingerprint density at radius 1 is 0.969 bits per heavy atom. The van der Waals surface area contributed by atoms with Gasteiger partial charge in [-0.1, -0.05) is 35.3 Å². The molecule has 7 nitrogen and oxygen atoms in total. The lowest BCUT2D eigenvalue weighted by molar-refractivity contribution is 0.102. The zero-order valence-electron chi connectivity index (χ0n) is 16.8. The van der Waals surface area contributed by atoms with Gasteiger partial charge in [0.15, 0.2) is 0 Å². The first-order valence-electron chi connectivity index (χ1n) is 9.54. The molecule has 0 aliphatic rings. The molecule has 32 heavy (non-hydrogen) atoms. The van der Waals surface area contributed by atoms with Crippen LogP contribution in [0, 0.1) is 0 Å². The second kappa shape index (κ2) is 9.64. The first-order valence-corrected chi connectivity index (χ1v) is 10.3. The largest absolute Gasteiger partial charge is 0.438 e. The second-order valence-electron chi connectivity index (χ2n) is 6.56. The number of hydrogen-bond donors (Lipinski definition) is 2. The van der Waals surface area contributed by atoms with Gasteiger partial charge in [0, 0.05) is 31.2 Å². The average Bonchev–Trinajstić information content (AvgIpc) is 2.81. The molecule has 0 atom stereocenters. The monoisotopic (exact) mass is 465 g/mol. The molecule has 0 spiro atoms. The van der Waals surface area contributed by atoms with E-state index >= 15 is 0 Å². The molecule has 0 unspecified atom stereocenters. The number of carbonyl (C=O) groups excluding carboxylic acids is 1. The van der Waals surface area contributed by atoms with Gasteiger partial charge in [0.25, 0.3) is 5.91 Å². The number of nitrogens with one attached hydrogen (secondary N) is 2. The van der Waals surface area contributed by atoms with Gasteiger partial charge in [-0.25, -0.2) is 15.0 Å². The van der Waals surface area contributed by atoms with E-state index in [2.05, 4.69) is 25.6 Å². The molecule has 1 amide bonds. The zero-order valence-corrected chi connectivity index (χ0v) is 18.4. The van der Waals surface area contributed by atoms with E-state index in [4.69, 9.17) is 27.9 Å². The standard InChI is InChI=1S/C23H17Cl2N5O2/c1-26-23-28-12-10-19(30-23)16-8-4-11-27-22(16)32-15-6-2-5-14(13-15)29-21(31)17-7-3-9-18(24)20(17)25/h2-13H,1H3,(H,29,31)(H,26,28,30). The predicted octanol–water partition coefficient (Wildman–Crippen LogP) is 5.93. The number of ether oxygens (including phenoxy) is 1. The zero-order chi connectivity index (χ0) is 22.5. The molecule has 160 valence electrons. The maximum Gasteiger partial charge on any atom is 0.257 e. The van der Waals surface area contributed by atoms with Crippen molar-refractivity contribution in [3.63, 3.8) is 0 Å². The van der Waals surface area contributed by atoms with Crippen LogP contribution >= 0.6 is 23.2 Å². The molecule has 0 radical (unpaired) electrons. The van der Waals surface area contributed by atoms with Crippen molar-refractivity contribution in [3.8, 4) is 22.9 Å². The Labute approximate surface area is 194 Å². The van der Waals surface area contributed by atoms with E-state index in [-0.39, 0.29) is 16.5 Å². The van der Waals surface area contributed by atoms with E-state index in [1.54, 1.807) is 74.0 Å². The second-order valence-corrected chi connectivity index (χ2v) is 7.34. The molecular weight excluding hydrogens is 449 g/mol. The summed E-state index contributed by atoms with van der Waals surface area (Å²) in [7, 11) is 1.75. The topological polar surface area (TPSA) is 89.0 Å². The van der Waals surface area contributed by atoms with Gasteiger partial charge in [-0.2, -0.15) is 0 Å². The number of nitrogens with zero attached hydrogens (tertiary/aromatic N) is 3.